The molecular weight excluding hydrogens is 182 g/mol. The number of ether oxygens (including phenoxy) is 1. The van der Waals surface area contributed by atoms with E-state index in [-0.39, 0.29) is 0 Å². The standard InChI is InChI=1S/C8H11NO.C2H4O2/c1-6-3-7(9)5-8(4-6)10-2;1-2(3)4/h3-5H,9H2,1-2H3;1H3,(H,3,4). The molecule has 0 aliphatic carbocycles. The minimum absolute atomic E-state index is 0.747. The minimum Gasteiger partial charge on any atom is -0.497 e. The average Bonchev–Trinajstić information content (AvgIpc) is 2.01. The van der Waals surface area contributed by atoms with E-state index in [2.05, 4.69) is 0 Å². The number of aliphatic carboxylic acids is 1. The Morgan fingerprint density at radius 3 is 2.29 bits per heavy atom. The fourth-order valence-electron chi connectivity index (χ4n) is 0.894. The Kier molecular flexibility index (Phi) is 5.14. The predicted octanol–water partition coefficient (Wildman–Crippen LogP) is 1.68. The summed E-state index contributed by atoms with van der Waals surface area (Å²) in [6.45, 7) is 3.07. The van der Waals surface area contributed by atoms with Gasteiger partial charge in [-0.25, -0.2) is 0 Å². The third-order valence-corrected chi connectivity index (χ3v) is 1.31. The molecule has 4 nitrogen and oxygen atoms in total. The number of carboxylic acid groups (broad SMARTS) is 1. The van der Waals surface area contributed by atoms with Gasteiger partial charge in [-0.15, -0.1) is 0 Å². The third-order valence-electron chi connectivity index (χ3n) is 1.31. The van der Waals surface area contributed by atoms with Gasteiger partial charge in [-0.3, -0.25) is 4.79 Å². The molecule has 4 heteroatoms. The van der Waals surface area contributed by atoms with Crippen LogP contribution in [-0.4, -0.2) is 18.2 Å². The van der Waals surface area contributed by atoms with Crippen LogP contribution in [0.3, 0.4) is 0 Å². The lowest BCUT2D eigenvalue weighted by atomic mass is 10.2. The Labute approximate surface area is 83.3 Å². The van der Waals surface area contributed by atoms with Crippen LogP contribution in [0.25, 0.3) is 0 Å². The maximum Gasteiger partial charge on any atom is 0.300 e. The molecule has 1 aromatic carbocycles. The summed E-state index contributed by atoms with van der Waals surface area (Å²) >= 11 is 0. The van der Waals surface area contributed by atoms with Gasteiger partial charge in [0.15, 0.2) is 0 Å². The molecule has 78 valence electrons. The number of nitrogens with two attached hydrogens (primary N) is 1. The quantitative estimate of drug-likeness (QED) is 0.672. The second-order valence-corrected chi connectivity index (χ2v) is 2.80. The van der Waals surface area contributed by atoms with Crippen molar-refractivity contribution in [2.75, 3.05) is 12.8 Å². The lowest BCUT2D eigenvalue weighted by molar-refractivity contribution is -0.134. The number of aryl methyl sites for hydroxylation is 1. The van der Waals surface area contributed by atoms with E-state index < -0.39 is 5.97 Å². The van der Waals surface area contributed by atoms with Crippen molar-refractivity contribution >= 4 is 11.7 Å². The van der Waals surface area contributed by atoms with Crippen LogP contribution >= 0.6 is 0 Å². The highest BCUT2D eigenvalue weighted by Crippen LogP contribution is 2.16. The molecule has 0 saturated heterocycles. The highest BCUT2D eigenvalue weighted by molar-refractivity contribution is 5.62. The second kappa shape index (κ2) is 5.85. The molecule has 0 bridgehead atoms. The summed E-state index contributed by atoms with van der Waals surface area (Å²) < 4.78 is 5.00. The van der Waals surface area contributed by atoms with Crippen molar-refractivity contribution in [1.82, 2.24) is 0 Å². The van der Waals surface area contributed by atoms with Crippen LogP contribution in [0.5, 0.6) is 5.75 Å². The zero-order valence-electron chi connectivity index (χ0n) is 8.57. The van der Waals surface area contributed by atoms with Gasteiger partial charge in [-0.05, 0) is 24.6 Å². The van der Waals surface area contributed by atoms with Gasteiger partial charge in [0, 0.05) is 18.7 Å². The van der Waals surface area contributed by atoms with E-state index in [1.165, 1.54) is 0 Å². The van der Waals surface area contributed by atoms with Crippen molar-refractivity contribution in [2.45, 2.75) is 13.8 Å². The molecule has 0 atom stereocenters. The summed E-state index contributed by atoms with van der Waals surface area (Å²) in [6.07, 6.45) is 0. The molecule has 0 spiro atoms. The third kappa shape index (κ3) is 5.88. The molecule has 0 fully saturated rings. The largest absolute Gasteiger partial charge is 0.497 e. The van der Waals surface area contributed by atoms with Crippen LogP contribution in [0, 0.1) is 6.92 Å². The van der Waals surface area contributed by atoms with E-state index >= 15 is 0 Å². The molecule has 0 aliphatic rings. The zero-order valence-corrected chi connectivity index (χ0v) is 8.57. The number of benzene rings is 1. The van der Waals surface area contributed by atoms with E-state index in [1.54, 1.807) is 13.2 Å². The van der Waals surface area contributed by atoms with Crippen LogP contribution < -0.4 is 10.5 Å². The van der Waals surface area contributed by atoms with E-state index in [4.69, 9.17) is 20.4 Å². The molecule has 3 N–H and O–H groups in total. The number of hydrogen-bond acceptors (Lipinski definition) is 3. The molecule has 0 radical (unpaired) electrons. The molecule has 0 heterocycles. The Morgan fingerprint density at radius 1 is 1.43 bits per heavy atom. The van der Waals surface area contributed by atoms with Crippen LogP contribution in [0.1, 0.15) is 12.5 Å². The predicted molar refractivity (Wildman–Crippen MR) is 55.5 cm³/mol. The van der Waals surface area contributed by atoms with Gasteiger partial charge in [-0.2, -0.15) is 0 Å². The van der Waals surface area contributed by atoms with Crippen molar-refractivity contribution in [3.8, 4) is 5.75 Å². The lowest BCUT2D eigenvalue weighted by Gasteiger charge is -2.01. The smallest absolute Gasteiger partial charge is 0.300 e. The Morgan fingerprint density at radius 2 is 1.93 bits per heavy atom. The van der Waals surface area contributed by atoms with Crippen molar-refractivity contribution < 1.29 is 14.6 Å². The van der Waals surface area contributed by atoms with Gasteiger partial charge >= 0.3 is 0 Å². The van der Waals surface area contributed by atoms with Crippen LogP contribution in [0.4, 0.5) is 5.69 Å². The van der Waals surface area contributed by atoms with Crippen molar-refractivity contribution in [3.63, 3.8) is 0 Å². The van der Waals surface area contributed by atoms with Gasteiger partial charge in [0.05, 0.1) is 7.11 Å². The topological polar surface area (TPSA) is 72.5 Å². The Bertz CT molecular complexity index is 286. The molecule has 1 rings (SSSR count). The lowest BCUT2D eigenvalue weighted by Crippen LogP contribution is -1.88. The maximum absolute atomic E-state index is 9.00. The zero-order chi connectivity index (χ0) is 11.1. The van der Waals surface area contributed by atoms with Crippen molar-refractivity contribution in [1.29, 1.82) is 0 Å². The molecule has 0 unspecified atom stereocenters. The van der Waals surface area contributed by atoms with E-state index in [9.17, 15) is 0 Å². The molecule has 0 aromatic heterocycles. The number of hydrogen-bond donors (Lipinski definition) is 2. The first-order chi connectivity index (χ1) is 6.45. The van der Waals surface area contributed by atoms with Gasteiger partial charge < -0.3 is 15.6 Å². The summed E-state index contributed by atoms with van der Waals surface area (Å²) in [7, 11) is 1.63. The summed E-state index contributed by atoms with van der Waals surface area (Å²) in [5.74, 6) is -0.0162. The van der Waals surface area contributed by atoms with Crippen molar-refractivity contribution in [2.24, 2.45) is 0 Å². The number of rotatable bonds is 1. The normalized spacial score (nSPS) is 8.50. The monoisotopic (exact) mass is 197 g/mol. The maximum atomic E-state index is 9.00. The molecule has 0 aliphatic heterocycles. The first-order valence-corrected chi connectivity index (χ1v) is 4.06. The minimum atomic E-state index is -0.833. The molecular formula is C10H15NO3. The molecule has 0 saturated carbocycles. The highest BCUT2D eigenvalue weighted by Gasteiger charge is 1.92. The van der Waals surface area contributed by atoms with Gasteiger partial charge in [0.2, 0.25) is 0 Å². The number of carbonyl (C=O) groups is 1. The highest BCUT2D eigenvalue weighted by atomic mass is 16.5. The number of methoxy groups -OCH3 is 1. The summed E-state index contributed by atoms with van der Waals surface area (Å²) in [6, 6.07) is 5.64. The molecule has 1 aromatic rings. The Hall–Kier alpha value is -1.71. The van der Waals surface area contributed by atoms with E-state index in [0.29, 0.717) is 0 Å². The molecule has 14 heavy (non-hydrogen) atoms. The summed E-state index contributed by atoms with van der Waals surface area (Å²) in [4.78, 5) is 9.00. The number of nitrogen functional groups attached to an aromatic ring is 1. The van der Waals surface area contributed by atoms with Gasteiger partial charge in [0.25, 0.3) is 5.97 Å². The average molecular weight is 197 g/mol. The summed E-state index contributed by atoms with van der Waals surface area (Å²) in [5, 5.41) is 7.42. The van der Waals surface area contributed by atoms with Crippen LogP contribution in [0.2, 0.25) is 0 Å². The second-order valence-electron chi connectivity index (χ2n) is 2.80. The van der Waals surface area contributed by atoms with Crippen LogP contribution in [0.15, 0.2) is 18.2 Å². The first kappa shape index (κ1) is 12.3. The van der Waals surface area contributed by atoms with E-state index in [1.807, 2.05) is 19.1 Å². The fourth-order valence-corrected chi connectivity index (χ4v) is 0.894. The Balaban J connectivity index is 0.000000364. The van der Waals surface area contributed by atoms with E-state index in [0.717, 1.165) is 23.9 Å². The fraction of sp³-hybridized carbons (Fsp3) is 0.300. The SMILES string of the molecule is CC(=O)O.COc1cc(C)cc(N)c1. The number of anilines is 1. The van der Waals surface area contributed by atoms with Gasteiger partial charge in [-0.1, -0.05) is 0 Å². The number of carboxylic acids is 1. The molecule has 0 amide bonds. The van der Waals surface area contributed by atoms with Gasteiger partial charge in [0.1, 0.15) is 5.75 Å². The summed E-state index contributed by atoms with van der Waals surface area (Å²) in [5.41, 5.74) is 7.42. The van der Waals surface area contributed by atoms with Crippen LogP contribution in [-0.2, 0) is 4.79 Å². The van der Waals surface area contributed by atoms with Crippen molar-refractivity contribution in [3.05, 3.63) is 23.8 Å². The first-order valence-electron chi connectivity index (χ1n) is 4.06.